The first kappa shape index (κ1) is 18.6. The van der Waals surface area contributed by atoms with Gasteiger partial charge in [0, 0.05) is 52.3 Å². The van der Waals surface area contributed by atoms with Crippen molar-refractivity contribution in [3.8, 4) is 0 Å². The SMILES string of the molecule is Cc1cc(CN2CC3(C[C@H](CCOCc4ccncc4)CCO3)C2)n(C)n1. The van der Waals surface area contributed by atoms with Gasteiger partial charge in [0.15, 0.2) is 0 Å². The molecular formula is C21H30N4O2. The second-order valence-corrected chi connectivity index (χ2v) is 8.13. The lowest BCUT2D eigenvalue weighted by atomic mass is 9.79. The van der Waals surface area contributed by atoms with E-state index in [1.54, 1.807) is 0 Å². The third-order valence-electron chi connectivity index (χ3n) is 5.79. The number of nitrogens with zero attached hydrogens (tertiary/aromatic N) is 4. The van der Waals surface area contributed by atoms with Gasteiger partial charge >= 0.3 is 0 Å². The van der Waals surface area contributed by atoms with E-state index in [0.717, 1.165) is 57.8 Å². The second-order valence-electron chi connectivity index (χ2n) is 8.13. The van der Waals surface area contributed by atoms with Gasteiger partial charge in [-0.1, -0.05) is 0 Å². The Morgan fingerprint density at radius 2 is 2.11 bits per heavy atom. The Labute approximate surface area is 161 Å². The molecule has 0 aliphatic carbocycles. The summed E-state index contributed by atoms with van der Waals surface area (Å²) in [5, 5.41) is 4.44. The number of pyridine rings is 1. The van der Waals surface area contributed by atoms with Crippen LogP contribution in [0.15, 0.2) is 30.6 Å². The molecule has 0 bridgehead atoms. The summed E-state index contributed by atoms with van der Waals surface area (Å²) in [5.74, 6) is 0.706. The molecule has 2 saturated heterocycles. The van der Waals surface area contributed by atoms with E-state index in [1.165, 1.54) is 11.3 Å². The fourth-order valence-corrected chi connectivity index (χ4v) is 4.44. The van der Waals surface area contributed by atoms with Crippen LogP contribution < -0.4 is 0 Å². The number of hydrogen-bond donors (Lipinski definition) is 0. The number of ether oxygens (including phenoxy) is 2. The molecule has 0 amide bonds. The van der Waals surface area contributed by atoms with Gasteiger partial charge in [-0.3, -0.25) is 14.6 Å². The lowest BCUT2D eigenvalue weighted by molar-refractivity contribution is -0.182. The summed E-state index contributed by atoms with van der Waals surface area (Å²) in [6, 6.07) is 6.20. The molecule has 6 nitrogen and oxygen atoms in total. The minimum Gasteiger partial charge on any atom is -0.377 e. The molecule has 2 aromatic rings. The van der Waals surface area contributed by atoms with E-state index in [4.69, 9.17) is 9.47 Å². The molecular weight excluding hydrogens is 340 g/mol. The first-order chi connectivity index (χ1) is 13.1. The van der Waals surface area contributed by atoms with Gasteiger partial charge in [0.1, 0.15) is 0 Å². The number of rotatable bonds is 7. The topological polar surface area (TPSA) is 52.4 Å². The van der Waals surface area contributed by atoms with Crippen molar-refractivity contribution in [3.63, 3.8) is 0 Å². The molecule has 0 unspecified atom stereocenters. The van der Waals surface area contributed by atoms with E-state index in [-0.39, 0.29) is 5.60 Å². The van der Waals surface area contributed by atoms with E-state index in [9.17, 15) is 0 Å². The number of hydrogen-bond acceptors (Lipinski definition) is 5. The van der Waals surface area contributed by atoms with Gasteiger partial charge in [0.05, 0.1) is 23.6 Å². The highest BCUT2D eigenvalue weighted by atomic mass is 16.5. The van der Waals surface area contributed by atoms with Crippen LogP contribution in [0.5, 0.6) is 0 Å². The van der Waals surface area contributed by atoms with Crippen molar-refractivity contribution in [1.29, 1.82) is 0 Å². The van der Waals surface area contributed by atoms with Gasteiger partial charge in [-0.2, -0.15) is 5.10 Å². The predicted octanol–water partition coefficient (Wildman–Crippen LogP) is 2.71. The maximum atomic E-state index is 6.20. The fraction of sp³-hybridized carbons (Fsp3) is 0.619. The van der Waals surface area contributed by atoms with Crippen LogP contribution in [0, 0.1) is 12.8 Å². The molecule has 0 aromatic carbocycles. The molecule has 4 heterocycles. The predicted molar refractivity (Wildman–Crippen MR) is 103 cm³/mol. The quantitative estimate of drug-likeness (QED) is 0.702. The van der Waals surface area contributed by atoms with Crippen molar-refractivity contribution in [3.05, 3.63) is 47.5 Å². The second kappa shape index (κ2) is 8.09. The normalized spacial score (nSPS) is 22.1. The zero-order valence-electron chi connectivity index (χ0n) is 16.4. The fourth-order valence-electron chi connectivity index (χ4n) is 4.44. The highest BCUT2D eigenvalue weighted by Gasteiger charge is 2.47. The lowest BCUT2D eigenvalue weighted by Gasteiger charge is -2.53. The number of aryl methyl sites for hydroxylation is 2. The van der Waals surface area contributed by atoms with E-state index < -0.39 is 0 Å². The van der Waals surface area contributed by atoms with Crippen LogP contribution in [0.1, 0.15) is 36.2 Å². The number of aromatic nitrogens is 3. The highest BCUT2D eigenvalue weighted by molar-refractivity contribution is 5.11. The summed E-state index contributed by atoms with van der Waals surface area (Å²) in [7, 11) is 2.02. The molecule has 0 N–H and O–H groups in total. The Morgan fingerprint density at radius 3 is 2.85 bits per heavy atom. The van der Waals surface area contributed by atoms with Crippen molar-refractivity contribution in [2.24, 2.45) is 13.0 Å². The Bertz CT molecular complexity index is 740. The van der Waals surface area contributed by atoms with Gasteiger partial charge < -0.3 is 9.47 Å². The molecule has 2 fully saturated rings. The van der Waals surface area contributed by atoms with Crippen LogP contribution in [0.25, 0.3) is 0 Å². The Balaban J connectivity index is 1.19. The van der Waals surface area contributed by atoms with Gasteiger partial charge in [-0.05, 0) is 55.9 Å². The van der Waals surface area contributed by atoms with Crippen LogP contribution in [-0.4, -0.2) is 51.6 Å². The molecule has 2 aliphatic heterocycles. The van der Waals surface area contributed by atoms with Crippen molar-refractivity contribution in [1.82, 2.24) is 19.7 Å². The molecule has 0 saturated carbocycles. The summed E-state index contributed by atoms with van der Waals surface area (Å²) in [6.45, 7) is 7.45. The first-order valence-electron chi connectivity index (χ1n) is 9.94. The lowest BCUT2D eigenvalue weighted by Crippen LogP contribution is -2.64. The first-order valence-corrected chi connectivity index (χ1v) is 9.94. The van der Waals surface area contributed by atoms with Gasteiger partial charge in [-0.25, -0.2) is 0 Å². The summed E-state index contributed by atoms with van der Waals surface area (Å²) in [4.78, 5) is 6.51. The molecule has 0 radical (unpaired) electrons. The van der Waals surface area contributed by atoms with Gasteiger partial charge in [0.25, 0.3) is 0 Å². The Morgan fingerprint density at radius 1 is 1.30 bits per heavy atom. The maximum Gasteiger partial charge on any atom is 0.0937 e. The van der Waals surface area contributed by atoms with E-state index >= 15 is 0 Å². The van der Waals surface area contributed by atoms with E-state index in [0.29, 0.717) is 12.5 Å². The van der Waals surface area contributed by atoms with Crippen molar-refractivity contribution in [2.75, 3.05) is 26.3 Å². The van der Waals surface area contributed by atoms with Crippen molar-refractivity contribution < 1.29 is 9.47 Å². The van der Waals surface area contributed by atoms with Gasteiger partial charge in [0.2, 0.25) is 0 Å². The molecule has 2 aliphatic rings. The molecule has 1 spiro atoms. The molecule has 2 aromatic heterocycles. The molecule has 146 valence electrons. The van der Waals surface area contributed by atoms with Crippen molar-refractivity contribution >= 4 is 0 Å². The van der Waals surface area contributed by atoms with Crippen LogP contribution in [0.3, 0.4) is 0 Å². The van der Waals surface area contributed by atoms with Gasteiger partial charge in [-0.15, -0.1) is 0 Å². The standard InChI is InChI=1S/C21H30N4O2/c1-17-11-20(24(2)23-17)13-25-15-21(16-25)12-18(6-10-27-21)5-9-26-14-19-3-7-22-8-4-19/h3-4,7-8,11,18H,5-6,9-10,12-16H2,1-2H3/t18-/m1/s1. The third kappa shape index (κ3) is 4.57. The largest absolute Gasteiger partial charge is 0.377 e. The summed E-state index contributed by atoms with van der Waals surface area (Å²) in [5.41, 5.74) is 3.62. The average molecular weight is 370 g/mol. The molecule has 4 rings (SSSR count). The monoisotopic (exact) mass is 370 g/mol. The summed E-state index contributed by atoms with van der Waals surface area (Å²) < 4.78 is 14.1. The zero-order chi connectivity index (χ0) is 18.7. The minimum absolute atomic E-state index is 0.0711. The highest BCUT2D eigenvalue weighted by Crippen LogP contribution is 2.38. The van der Waals surface area contributed by atoms with Crippen molar-refractivity contribution in [2.45, 2.75) is 44.9 Å². The van der Waals surface area contributed by atoms with Crippen LogP contribution >= 0.6 is 0 Å². The zero-order valence-corrected chi connectivity index (χ0v) is 16.4. The summed E-state index contributed by atoms with van der Waals surface area (Å²) in [6.07, 6.45) is 7.07. The Hall–Kier alpha value is -1.76. The number of likely N-dealkylation sites (tertiary alicyclic amines) is 1. The van der Waals surface area contributed by atoms with E-state index in [1.807, 2.05) is 43.2 Å². The Kier molecular flexibility index (Phi) is 5.57. The average Bonchev–Trinajstić information content (AvgIpc) is 2.96. The smallest absolute Gasteiger partial charge is 0.0937 e. The maximum absolute atomic E-state index is 6.20. The van der Waals surface area contributed by atoms with Crippen LogP contribution in [-0.2, 0) is 29.7 Å². The minimum atomic E-state index is 0.0711. The molecule has 27 heavy (non-hydrogen) atoms. The third-order valence-corrected chi connectivity index (χ3v) is 5.79. The molecule has 6 heteroatoms. The molecule has 1 atom stereocenters. The van der Waals surface area contributed by atoms with E-state index in [2.05, 4.69) is 21.0 Å². The van der Waals surface area contributed by atoms with Crippen LogP contribution in [0.2, 0.25) is 0 Å². The summed E-state index contributed by atoms with van der Waals surface area (Å²) >= 11 is 0. The van der Waals surface area contributed by atoms with Crippen LogP contribution in [0.4, 0.5) is 0 Å².